The Hall–Kier alpha value is -11.4. The Morgan fingerprint density at radius 1 is 0.440 bits per heavy atom. The lowest BCUT2D eigenvalue weighted by molar-refractivity contribution is 0.00485. The average molecular weight is 1900 g/mol. The Kier molecular flexibility index (Phi) is 22.0. The van der Waals surface area contributed by atoms with Crippen LogP contribution in [-0.4, -0.2) is 173 Å². The number of fused-ring (bicyclic) bond motifs is 12. The van der Waals surface area contributed by atoms with Crippen LogP contribution < -0.4 is 5.46 Å². The highest BCUT2D eigenvalue weighted by Crippen LogP contribution is 2.62. The number of nitrogens with zero attached hydrogens (tertiary/aromatic N) is 12. The monoisotopic (exact) mass is 1890 g/mol. The summed E-state index contributed by atoms with van der Waals surface area (Å²) in [5.41, 5.74) is 4.40. The summed E-state index contributed by atoms with van der Waals surface area (Å²) in [7, 11) is -0.482. The summed E-state index contributed by atoms with van der Waals surface area (Å²) in [5.74, 6) is -5.30. The first-order valence-corrected chi connectivity index (χ1v) is 47.2. The molecule has 4 aromatic heterocycles. The molecule has 0 radical (unpaired) electrons. The van der Waals surface area contributed by atoms with Crippen LogP contribution >= 0.6 is 15.9 Å². The van der Waals surface area contributed by atoms with E-state index in [1.165, 1.54) is 67.3 Å². The van der Waals surface area contributed by atoms with Crippen molar-refractivity contribution in [2.45, 2.75) is 278 Å². The van der Waals surface area contributed by atoms with E-state index < -0.39 is 77.8 Å². The molecule has 32 heteroatoms. The predicted molar refractivity (Wildman–Crippen MR) is 498 cm³/mol. The molecular formula is C102H112BBrF4N12O14. The van der Waals surface area contributed by atoms with Crippen LogP contribution in [0.15, 0.2) is 126 Å². The molecule has 10 aromatic rings. The van der Waals surface area contributed by atoms with Crippen LogP contribution in [0, 0.1) is 22.7 Å². The number of halogens is 5. The maximum Gasteiger partial charge on any atom is 0.494 e. The average Bonchev–Trinajstić information content (AvgIpc) is 1.56. The van der Waals surface area contributed by atoms with Crippen LogP contribution in [0.3, 0.4) is 0 Å². The van der Waals surface area contributed by atoms with Crippen LogP contribution in [0.4, 0.5) is 36.7 Å². The van der Waals surface area contributed by atoms with Crippen molar-refractivity contribution in [2.24, 2.45) is 22.7 Å². The molecular weight excluding hydrogens is 1780 g/mol. The molecule has 4 amide bonds. The lowest BCUT2D eigenvalue weighted by Crippen LogP contribution is -2.44. The molecule has 0 N–H and O–H groups in total. The summed E-state index contributed by atoms with van der Waals surface area (Å²) in [6.45, 7) is 33.3. The van der Waals surface area contributed by atoms with Crippen LogP contribution in [0.5, 0.6) is 0 Å². The van der Waals surface area contributed by atoms with E-state index in [0.29, 0.717) is 138 Å². The zero-order chi connectivity index (χ0) is 95.6. The van der Waals surface area contributed by atoms with Crippen LogP contribution in [-0.2, 0) is 40.1 Å². The molecule has 2 spiro atoms. The standard InChI is InChI=1S/C49H52F2N6O6.C29H28BrF2N3O3.C24H32BN3O5/c1-26(58)55-38-22-29(12-16-37(38)53-43(55)41-31-9-13-32(19-31)57(41)45(61)63-47(6,7)8)28-10-14-33-34-15-11-30(21-36(34)49(50,51)35(33)20-28)40-24-52-42(56(40)27(2)59)39-23-48(17-18-48)25-54(39)44(60)62-46(3,4)5;1-16(36)35-24(17-5-7-19-20-8-6-18(30)12-22(20)29(31,32)21(19)11-17)14-33-25(35)23-13-28(9-10-28)15-34(23)26(37)38-27(2,3)4;1-14(29)27-19-12-16(25-31-13-24(5,6)33-25)8-10-18(19)26-21(27)20-15-7-9-17(11-15)28(20)22(30)32-23(2,3)4/h10-12,14-16,20-22,24,31-32,39,41H,9,13,17-19,23,25H2,1-8H3;5-8,11-12,14,23H,9-10,13,15H2,1-4H3;8,10,12,15,17,20H,7,9,11,13H2,1-6H3/t31-,32+,39-,41-;23-;15-,17+,20-/m000/s1. The van der Waals surface area contributed by atoms with Crippen molar-refractivity contribution in [3.8, 4) is 55.9 Å². The molecule has 134 heavy (non-hydrogen) atoms. The Labute approximate surface area is 783 Å². The van der Waals surface area contributed by atoms with Gasteiger partial charge in [-0.15, -0.1) is 0 Å². The van der Waals surface area contributed by atoms with E-state index in [0.717, 1.165) is 69.7 Å². The SMILES string of the molecule is CC(=O)n1c(-c2ccc3c(c2)C(F)(F)c2cc(-c4ccc5nc([C@@H]6[C@H]7CC[C@H](C7)N6C(=O)OC(C)(C)C)n(C(C)=O)c5c4)ccc2-3)cnc1[C@@H]1CC2(CC2)CN1C(=O)OC(C)(C)C.CC(=O)n1c(-c2ccc3c(c2)C(F)(F)c2cc(Br)ccc2-3)cnc1[C@@H]1CC2(CC2)CN1C(=O)OC(C)(C)C.CC(=O)n1c([C@@H]2[C@H]3CC[C@H](C3)N2C(=O)OC(C)(C)C)nc2ccc(B3OCC(C)(C)O3)cc21. The fraction of sp³-hybridized carbons (Fsp3) is 0.490. The lowest BCUT2D eigenvalue weighted by atomic mass is 9.79. The molecule has 11 aliphatic rings. The third-order valence-electron chi connectivity index (χ3n) is 28.1. The van der Waals surface area contributed by atoms with E-state index in [1.807, 2.05) is 126 Å². The van der Waals surface area contributed by atoms with Gasteiger partial charge < -0.3 is 28.3 Å². The summed E-state index contributed by atoms with van der Waals surface area (Å²) in [6, 6.07) is 29.2. The number of aromatic nitrogens is 8. The van der Waals surface area contributed by atoms with E-state index in [2.05, 4.69) is 25.9 Å². The lowest BCUT2D eigenvalue weighted by Gasteiger charge is -2.36. The number of carbonyl (C=O) groups excluding carboxylic acids is 8. The second kappa shape index (κ2) is 32.1. The highest BCUT2D eigenvalue weighted by Gasteiger charge is 2.60. The molecule has 4 saturated carbocycles. The van der Waals surface area contributed by atoms with Gasteiger partial charge in [0.05, 0.1) is 82.2 Å². The number of imidazole rings is 4. The second-order valence-corrected chi connectivity index (χ2v) is 44.1. The number of ether oxygens (including phenoxy) is 4. The molecule has 6 aliphatic carbocycles. The molecule has 5 aliphatic heterocycles. The number of likely N-dealkylation sites (tertiary alicyclic amines) is 4. The third-order valence-corrected chi connectivity index (χ3v) is 28.6. The first kappa shape index (κ1) is 91.7. The van der Waals surface area contributed by atoms with Crippen LogP contribution in [0.25, 0.3) is 78.0 Å². The third kappa shape index (κ3) is 16.5. The van der Waals surface area contributed by atoms with Gasteiger partial charge in [-0.25, -0.2) is 39.1 Å². The van der Waals surface area contributed by atoms with Crippen LogP contribution in [0.2, 0.25) is 0 Å². The molecule has 21 rings (SSSR count). The number of carbonyl (C=O) groups is 8. The van der Waals surface area contributed by atoms with Gasteiger partial charge in [-0.2, -0.15) is 17.6 Å². The highest BCUT2D eigenvalue weighted by atomic mass is 79.9. The summed E-state index contributed by atoms with van der Waals surface area (Å²) in [5, 5.41) is 0. The first-order valence-electron chi connectivity index (χ1n) is 46.4. The number of alkyl halides is 4. The first-order chi connectivity index (χ1) is 62.9. The fourth-order valence-electron chi connectivity index (χ4n) is 22.0. The van der Waals surface area contributed by atoms with Gasteiger partial charge in [0, 0.05) is 90.7 Å². The second-order valence-electron chi connectivity index (χ2n) is 43.2. The van der Waals surface area contributed by atoms with Crippen molar-refractivity contribution in [3.05, 3.63) is 172 Å². The number of piperidine rings is 2. The van der Waals surface area contributed by atoms with Gasteiger partial charge >= 0.3 is 31.5 Å². The van der Waals surface area contributed by atoms with Crippen molar-refractivity contribution >= 4 is 98.6 Å². The number of benzene rings is 6. The predicted octanol–water partition coefficient (Wildman–Crippen LogP) is 22.2. The topological polar surface area (TPSA) is 276 Å². The summed E-state index contributed by atoms with van der Waals surface area (Å²) in [4.78, 5) is 132. The zero-order valence-corrected chi connectivity index (χ0v) is 80.4. The minimum atomic E-state index is -3.39. The quantitative estimate of drug-likeness (QED) is 0.0776. The Morgan fingerprint density at radius 2 is 0.806 bits per heavy atom. The summed E-state index contributed by atoms with van der Waals surface area (Å²) >= 11 is 3.30. The van der Waals surface area contributed by atoms with Crippen molar-refractivity contribution in [2.75, 3.05) is 19.7 Å². The molecule has 6 aromatic carbocycles. The van der Waals surface area contributed by atoms with E-state index in [9.17, 15) is 38.4 Å². The Balaban J connectivity index is 0.000000139. The smallest absolute Gasteiger partial charge is 0.444 e. The van der Waals surface area contributed by atoms with E-state index >= 15 is 17.6 Å². The number of hydrogen-bond donors (Lipinski definition) is 0. The van der Waals surface area contributed by atoms with Gasteiger partial charge in [0.25, 0.3) is 11.8 Å². The molecule has 702 valence electrons. The molecule has 5 saturated heterocycles. The van der Waals surface area contributed by atoms with E-state index in [4.69, 9.17) is 38.2 Å². The van der Waals surface area contributed by atoms with Crippen molar-refractivity contribution in [1.29, 1.82) is 0 Å². The van der Waals surface area contributed by atoms with Crippen molar-refractivity contribution < 1.29 is 84.2 Å². The molecule has 8 atom stereocenters. The van der Waals surface area contributed by atoms with E-state index in [-0.39, 0.29) is 98.4 Å². The zero-order valence-electron chi connectivity index (χ0n) is 78.8. The Morgan fingerprint density at radius 3 is 1.20 bits per heavy atom. The normalized spacial score (nSPS) is 23.0. The maximum absolute atomic E-state index is 16.8. The minimum Gasteiger partial charge on any atom is -0.444 e. The highest BCUT2D eigenvalue weighted by molar-refractivity contribution is 9.10. The molecule has 0 unspecified atom stereocenters. The van der Waals surface area contributed by atoms with Gasteiger partial charge in [-0.3, -0.25) is 57.0 Å². The van der Waals surface area contributed by atoms with Crippen molar-refractivity contribution in [3.63, 3.8) is 0 Å². The number of hydrogen-bond acceptors (Lipinski definition) is 18. The molecule has 9 heterocycles. The largest absolute Gasteiger partial charge is 0.494 e. The van der Waals surface area contributed by atoms with Crippen LogP contribution in [0.1, 0.15) is 291 Å². The Bertz CT molecular complexity index is 6600. The number of rotatable bonds is 8. The van der Waals surface area contributed by atoms with Gasteiger partial charge in [0.2, 0.25) is 23.6 Å². The fourth-order valence-corrected chi connectivity index (χ4v) is 22.4. The van der Waals surface area contributed by atoms with Gasteiger partial charge in [0.15, 0.2) is 0 Å². The molecule has 4 bridgehead atoms. The summed E-state index contributed by atoms with van der Waals surface area (Å²) in [6.07, 6.45) is 12.1. The van der Waals surface area contributed by atoms with Gasteiger partial charge in [-0.1, -0.05) is 70.5 Å². The molecule has 9 fully saturated rings. The maximum atomic E-state index is 16.8. The van der Waals surface area contributed by atoms with Gasteiger partial charge in [-0.05, 0) is 290 Å². The summed E-state index contributed by atoms with van der Waals surface area (Å²) < 4.78 is 106. The molecule has 26 nitrogen and oxygen atoms in total. The van der Waals surface area contributed by atoms with Gasteiger partial charge in [0.1, 0.15) is 45.7 Å². The van der Waals surface area contributed by atoms with Crippen molar-refractivity contribution in [1.82, 2.24) is 57.8 Å². The van der Waals surface area contributed by atoms with E-state index in [1.54, 1.807) is 90.7 Å². The number of amides is 4. The minimum absolute atomic E-state index is 0.00347.